The van der Waals surface area contributed by atoms with Gasteiger partial charge < -0.3 is 4.48 Å². The highest BCUT2D eigenvalue weighted by Crippen LogP contribution is 2.27. The molecule has 0 radical (unpaired) electrons. The first-order valence-electron chi connectivity index (χ1n) is 7.52. The molecule has 0 atom stereocenters. The van der Waals surface area contributed by atoms with Crippen molar-refractivity contribution in [1.29, 1.82) is 0 Å². The van der Waals surface area contributed by atoms with Gasteiger partial charge in [-0.05, 0) is 12.3 Å². The second-order valence-corrected chi connectivity index (χ2v) is 6.60. The van der Waals surface area contributed by atoms with E-state index in [1.807, 2.05) is 0 Å². The molecule has 1 aliphatic carbocycles. The molecule has 18 heavy (non-hydrogen) atoms. The van der Waals surface area contributed by atoms with E-state index < -0.39 is 0 Å². The van der Waals surface area contributed by atoms with Gasteiger partial charge in [-0.25, -0.2) is 0 Å². The molecule has 100 valence electrons. The van der Waals surface area contributed by atoms with E-state index in [1.54, 1.807) is 0 Å². The van der Waals surface area contributed by atoms with Gasteiger partial charge in [0.05, 0.1) is 20.6 Å². The molecule has 0 unspecified atom stereocenters. The first kappa shape index (κ1) is 13.6. The predicted octanol–water partition coefficient (Wildman–Crippen LogP) is 4.23. The Morgan fingerprint density at radius 1 is 1.00 bits per heavy atom. The Bertz CT molecular complexity index is 336. The predicted molar refractivity (Wildman–Crippen MR) is 78.3 cm³/mol. The van der Waals surface area contributed by atoms with Crippen LogP contribution in [0.15, 0.2) is 30.3 Å². The summed E-state index contributed by atoms with van der Waals surface area (Å²) >= 11 is 0. The van der Waals surface area contributed by atoms with E-state index in [0.29, 0.717) is 0 Å². The number of hydrogen-bond acceptors (Lipinski definition) is 0. The molecule has 1 aromatic rings. The van der Waals surface area contributed by atoms with Gasteiger partial charge >= 0.3 is 0 Å². The number of quaternary nitrogens is 1. The summed E-state index contributed by atoms with van der Waals surface area (Å²) in [5.74, 6) is 1.01. The summed E-state index contributed by atoms with van der Waals surface area (Å²) in [6.45, 7) is 2.48. The lowest BCUT2D eigenvalue weighted by atomic mass is 9.87. The van der Waals surface area contributed by atoms with Crippen molar-refractivity contribution in [3.63, 3.8) is 0 Å². The lowest BCUT2D eigenvalue weighted by molar-refractivity contribution is -0.904. The highest BCUT2D eigenvalue weighted by Gasteiger charge is 2.20. The van der Waals surface area contributed by atoms with Crippen molar-refractivity contribution in [1.82, 2.24) is 0 Å². The largest absolute Gasteiger partial charge is 0.325 e. The van der Waals surface area contributed by atoms with Crippen molar-refractivity contribution >= 4 is 0 Å². The van der Waals surface area contributed by atoms with Crippen LogP contribution in [-0.4, -0.2) is 25.1 Å². The minimum atomic E-state index is 1.01. The van der Waals surface area contributed by atoms with Crippen LogP contribution in [0.3, 0.4) is 0 Å². The highest BCUT2D eigenvalue weighted by atomic mass is 15.3. The summed E-state index contributed by atoms with van der Waals surface area (Å²) < 4.78 is 1.13. The van der Waals surface area contributed by atoms with Crippen molar-refractivity contribution in [3.8, 4) is 0 Å². The standard InChI is InChI=1S/C17H28N/c1-18(2,15-17-11-7-4-8-12-17)14-13-16-9-5-3-6-10-16/h4,7-8,11-12,16H,3,5-6,9-10,13-15H2,1-2H3/q+1. The van der Waals surface area contributed by atoms with E-state index >= 15 is 0 Å². The Balaban J connectivity index is 1.79. The fraction of sp³-hybridized carbons (Fsp3) is 0.647. The minimum Gasteiger partial charge on any atom is -0.325 e. The second kappa shape index (κ2) is 6.38. The molecule has 1 heteroatoms. The first-order valence-corrected chi connectivity index (χ1v) is 7.52. The third kappa shape index (κ3) is 4.45. The van der Waals surface area contributed by atoms with Gasteiger partial charge in [-0.3, -0.25) is 0 Å². The minimum absolute atomic E-state index is 1.01. The zero-order valence-electron chi connectivity index (χ0n) is 12.1. The van der Waals surface area contributed by atoms with Crippen LogP contribution in [0.25, 0.3) is 0 Å². The third-order valence-electron chi connectivity index (χ3n) is 4.32. The average Bonchev–Trinajstić information content (AvgIpc) is 2.38. The molecule has 0 saturated heterocycles. The second-order valence-electron chi connectivity index (χ2n) is 6.60. The van der Waals surface area contributed by atoms with Crippen molar-refractivity contribution in [2.24, 2.45) is 5.92 Å². The zero-order chi connectivity index (χ0) is 12.8. The maximum Gasteiger partial charge on any atom is 0.104 e. The molecule has 1 aromatic carbocycles. The topological polar surface area (TPSA) is 0 Å². The van der Waals surface area contributed by atoms with Crippen LogP contribution in [-0.2, 0) is 6.54 Å². The molecule has 1 aliphatic rings. The maximum absolute atomic E-state index is 2.37. The van der Waals surface area contributed by atoms with Crippen molar-refractivity contribution in [2.45, 2.75) is 45.1 Å². The van der Waals surface area contributed by atoms with Gasteiger partial charge in [0, 0.05) is 5.56 Å². The normalized spacial score (nSPS) is 17.9. The summed E-state index contributed by atoms with van der Waals surface area (Å²) in [6.07, 6.45) is 8.78. The van der Waals surface area contributed by atoms with Crippen LogP contribution in [0.2, 0.25) is 0 Å². The Labute approximate surface area is 112 Å². The summed E-state index contributed by atoms with van der Waals surface area (Å²) in [6, 6.07) is 10.9. The molecule has 1 nitrogen and oxygen atoms in total. The van der Waals surface area contributed by atoms with Crippen LogP contribution >= 0.6 is 0 Å². The van der Waals surface area contributed by atoms with Gasteiger partial charge in [-0.1, -0.05) is 62.4 Å². The number of rotatable bonds is 5. The van der Waals surface area contributed by atoms with Crippen LogP contribution in [0.1, 0.15) is 44.1 Å². The third-order valence-corrected chi connectivity index (χ3v) is 4.32. The van der Waals surface area contributed by atoms with E-state index in [2.05, 4.69) is 44.4 Å². The van der Waals surface area contributed by atoms with Crippen LogP contribution in [0, 0.1) is 5.92 Å². The Morgan fingerprint density at radius 2 is 1.67 bits per heavy atom. The monoisotopic (exact) mass is 246 g/mol. The highest BCUT2D eigenvalue weighted by molar-refractivity contribution is 5.13. The fourth-order valence-corrected chi connectivity index (χ4v) is 3.16. The lowest BCUT2D eigenvalue weighted by Crippen LogP contribution is -2.40. The quantitative estimate of drug-likeness (QED) is 0.682. The SMILES string of the molecule is C[N+](C)(CCC1CCCCC1)Cc1ccccc1. The fourth-order valence-electron chi connectivity index (χ4n) is 3.16. The Morgan fingerprint density at radius 3 is 2.33 bits per heavy atom. The van der Waals surface area contributed by atoms with Gasteiger partial charge in [0.25, 0.3) is 0 Å². The molecular formula is C17H28N+. The lowest BCUT2D eigenvalue weighted by Gasteiger charge is -2.32. The smallest absolute Gasteiger partial charge is 0.104 e. The number of benzene rings is 1. The van der Waals surface area contributed by atoms with Crippen LogP contribution < -0.4 is 0 Å². The van der Waals surface area contributed by atoms with Gasteiger partial charge in [0.15, 0.2) is 0 Å². The van der Waals surface area contributed by atoms with Crippen molar-refractivity contribution in [3.05, 3.63) is 35.9 Å². The summed E-state index contributed by atoms with van der Waals surface area (Å²) in [5, 5.41) is 0. The van der Waals surface area contributed by atoms with Gasteiger partial charge in [0.2, 0.25) is 0 Å². The molecule has 1 fully saturated rings. The molecule has 0 aromatic heterocycles. The van der Waals surface area contributed by atoms with E-state index in [-0.39, 0.29) is 0 Å². The Hall–Kier alpha value is -0.820. The van der Waals surface area contributed by atoms with E-state index in [4.69, 9.17) is 0 Å². The molecule has 0 N–H and O–H groups in total. The summed E-state index contributed by atoms with van der Waals surface area (Å²) in [5.41, 5.74) is 1.46. The molecule has 2 rings (SSSR count). The Kier molecular flexibility index (Phi) is 4.82. The van der Waals surface area contributed by atoms with E-state index in [0.717, 1.165) is 16.9 Å². The zero-order valence-corrected chi connectivity index (χ0v) is 12.1. The van der Waals surface area contributed by atoms with Crippen LogP contribution in [0.5, 0.6) is 0 Å². The molecule has 0 heterocycles. The van der Waals surface area contributed by atoms with E-state index in [1.165, 1.54) is 50.6 Å². The number of hydrogen-bond donors (Lipinski definition) is 0. The molecular weight excluding hydrogens is 218 g/mol. The number of nitrogens with zero attached hydrogens (tertiary/aromatic N) is 1. The molecule has 0 spiro atoms. The summed E-state index contributed by atoms with van der Waals surface area (Å²) in [4.78, 5) is 0. The van der Waals surface area contributed by atoms with Gasteiger partial charge in [0.1, 0.15) is 6.54 Å². The summed E-state index contributed by atoms with van der Waals surface area (Å²) in [7, 11) is 4.74. The average molecular weight is 246 g/mol. The van der Waals surface area contributed by atoms with Gasteiger partial charge in [-0.2, -0.15) is 0 Å². The maximum atomic E-state index is 2.37. The van der Waals surface area contributed by atoms with Crippen LogP contribution in [0.4, 0.5) is 0 Å². The molecule has 0 amide bonds. The first-order chi connectivity index (χ1) is 8.66. The van der Waals surface area contributed by atoms with Gasteiger partial charge in [-0.15, -0.1) is 0 Å². The molecule has 0 aliphatic heterocycles. The molecule has 1 saturated carbocycles. The van der Waals surface area contributed by atoms with Crippen molar-refractivity contribution < 1.29 is 4.48 Å². The van der Waals surface area contributed by atoms with E-state index in [9.17, 15) is 0 Å². The molecule has 0 bridgehead atoms. The van der Waals surface area contributed by atoms with Crippen molar-refractivity contribution in [2.75, 3.05) is 20.6 Å².